The number of rotatable bonds is 3. The van der Waals surface area contributed by atoms with Gasteiger partial charge in [0.25, 0.3) is 0 Å². The monoisotopic (exact) mass is 225 g/mol. The Balaban J connectivity index is 1.92. The normalized spacial score (nSPS) is 29.8. The molecule has 1 saturated carbocycles. The van der Waals surface area contributed by atoms with Gasteiger partial charge in [0.2, 0.25) is 0 Å². The van der Waals surface area contributed by atoms with Crippen LogP contribution in [-0.2, 0) is 0 Å². The molecule has 94 valence electrons. The molecule has 16 heavy (non-hydrogen) atoms. The van der Waals surface area contributed by atoms with E-state index in [1.807, 2.05) is 0 Å². The van der Waals surface area contributed by atoms with Crippen LogP contribution in [0.15, 0.2) is 0 Å². The largest absolute Gasteiger partial charge is 0.314 e. The molecule has 0 aromatic carbocycles. The minimum absolute atomic E-state index is 0.729. The first-order valence-electron chi connectivity index (χ1n) is 6.88. The maximum atomic E-state index is 3.54. The van der Waals surface area contributed by atoms with Gasteiger partial charge in [-0.15, -0.1) is 0 Å². The number of hydrogen-bond acceptors (Lipinski definition) is 3. The van der Waals surface area contributed by atoms with Crippen LogP contribution in [0.25, 0.3) is 0 Å². The van der Waals surface area contributed by atoms with Gasteiger partial charge in [0, 0.05) is 38.3 Å². The Morgan fingerprint density at radius 3 is 2.62 bits per heavy atom. The number of piperazine rings is 1. The smallest absolute Gasteiger partial charge is 0.0351 e. The third-order valence-electron chi connectivity index (χ3n) is 4.02. The molecule has 0 bridgehead atoms. The molecule has 1 unspecified atom stereocenters. The van der Waals surface area contributed by atoms with E-state index in [1.165, 1.54) is 58.3 Å². The maximum Gasteiger partial charge on any atom is 0.0351 e. The quantitative estimate of drug-likeness (QED) is 0.777. The average Bonchev–Trinajstić information content (AvgIpc) is 2.30. The Hall–Kier alpha value is -0.120. The lowest BCUT2D eigenvalue weighted by molar-refractivity contribution is 0.0673. The molecule has 1 heterocycles. The van der Waals surface area contributed by atoms with Crippen LogP contribution in [0.4, 0.5) is 0 Å². The molecule has 0 amide bonds. The van der Waals surface area contributed by atoms with Gasteiger partial charge in [-0.2, -0.15) is 0 Å². The van der Waals surface area contributed by atoms with Gasteiger partial charge in [-0.05, 0) is 26.9 Å². The fourth-order valence-electron chi connectivity index (χ4n) is 3.26. The van der Waals surface area contributed by atoms with Crippen molar-refractivity contribution in [1.29, 1.82) is 0 Å². The zero-order valence-corrected chi connectivity index (χ0v) is 10.9. The zero-order valence-electron chi connectivity index (χ0n) is 10.9. The fraction of sp³-hybridized carbons (Fsp3) is 1.00. The predicted molar refractivity (Wildman–Crippen MR) is 68.8 cm³/mol. The minimum atomic E-state index is 0.729. The lowest BCUT2D eigenvalue weighted by Crippen LogP contribution is -2.58. The summed E-state index contributed by atoms with van der Waals surface area (Å²) in [5, 5.41) is 3.54. The fourth-order valence-corrected chi connectivity index (χ4v) is 3.26. The predicted octanol–water partition coefficient (Wildman–Crippen LogP) is 1.15. The Morgan fingerprint density at radius 2 is 1.94 bits per heavy atom. The number of likely N-dealkylation sites (N-methyl/N-ethyl adjacent to an activating group) is 1. The molecular weight excluding hydrogens is 198 g/mol. The van der Waals surface area contributed by atoms with Crippen LogP contribution in [0, 0.1) is 0 Å². The molecule has 1 aliphatic carbocycles. The summed E-state index contributed by atoms with van der Waals surface area (Å²) < 4.78 is 0. The van der Waals surface area contributed by atoms with Crippen molar-refractivity contribution in [2.75, 3.05) is 40.3 Å². The lowest BCUT2D eigenvalue weighted by Gasteiger charge is -2.44. The summed E-state index contributed by atoms with van der Waals surface area (Å²) in [5.74, 6) is 0. The van der Waals surface area contributed by atoms with Gasteiger partial charge in [0.15, 0.2) is 0 Å². The molecule has 0 aromatic rings. The first-order chi connectivity index (χ1) is 7.77. The van der Waals surface area contributed by atoms with Gasteiger partial charge in [0.05, 0.1) is 0 Å². The standard InChI is InChI=1S/C13H27N3/c1-15(2)11-13-10-14-8-9-16(13)12-6-4-3-5-7-12/h12-14H,3-11H2,1-2H3. The molecule has 1 atom stereocenters. The van der Waals surface area contributed by atoms with Crippen molar-refractivity contribution in [3.05, 3.63) is 0 Å². The molecular formula is C13H27N3. The van der Waals surface area contributed by atoms with Crippen molar-refractivity contribution in [2.45, 2.75) is 44.2 Å². The van der Waals surface area contributed by atoms with Gasteiger partial charge in [-0.1, -0.05) is 19.3 Å². The van der Waals surface area contributed by atoms with Crippen molar-refractivity contribution in [2.24, 2.45) is 0 Å². The second kappa shape index (κ2) is 5.99. The van der Waals surface area contributed by atoms with Crippen LogP contribution in [0.3, 0.4) is 0 Å². The Morgan fingerprint density at radius 1 is 1.19 bits per heavy atom. The minimum Gasteiger partial charge on any atom is -0.314 e. The van der Waals surface area contributed by atoms with E-state index in [1.54, 1.807) is 0 Å². The molecule has 0 spiro atoms. The van der Waals surface area contributed by atoms with Crippen LogP contribution in [0.2, 0.25) is 0 Å². The Labute approximate surface area is 100 Å². The van der Waals surface area contributed by atoms with Crippen molar-refractivity contribution in [1.82, 2.24) is 15.1 Å². The molecule has 2 aliphatic rings. The van der Waals surface area contributed by atoms with Gasteiger partial charge < -0.3 is 10.2 Å². The topological polar surface area (TPSA) is 18.5 Å². The summed E-state index contributed by atoms with van der Waals surface area (Å²) in [6.07, 6.45) is 7.22. The highest BCUT2D eigenvalue weighted by molar-refractivity contribution is 4.87. The van der Waals surface area contributed by atoms with Crippen molar-refractivity contribution in [3.8, 4) is 0 Å². The zero-order chi connectivity index (χ0) is 11.4. The second-order valence-corrected chi connectivity index (χ2v) is 5.65. The number of nitrogens with one attached hydrogen (secondary N) is 1. The van der Waals surface area contributed by atoms with Crippen molar-refractivity contribution >= 4 is 0 Å². The van der Waals surface area contributed by atoms with Crippen LogP contribution < -0.4 is 5.32 Å². The SMILES string of the molecule is CN(C)CC1CNCCN1C1CCCCC1. The van der Waals surface area contributed by atoms with Crippen LogP contribution in [0.5, 0.6) is 0 Å². The Bertz CT molecular complexity index is 199. The first kappa shape index (κ1) is 12.3. The van der Waals surface area contributed by atoms with Gasteiger partial charge in [-0.3, -0.25) is 4.90 Å². The third kappa shape index (κ3) is 3.19. The molecule has 1 aliphatic heterocycles. The summed E-state index contributed by atoms with van der Waals surface area (Å²) in [6, 6.07) is 1.60. The van der Waals surface area contributed by atoms with Crippen molar-refractivity contribution < 1.29 is 0 Å². The summed E-state index contributed by atoms with van der Waals surface area (Å²) in [6.45, 7) is 4.81. The van der Waals surface area contributed by atoms with Gasteiger partial charge in [0.1, 0.15) is 0 Å². The number of hydrogen-bond donors (Lipinski definition) is 1. The summed E-state index contributed by atoms with van der Waals surface area (Å²) in [5.41, 5.74) is 0. The maximum absolute atomic E-state index is 3.54. The first-order valence-corrected chi connectivity index (χ1v) is 6.88. The Kier molecular flexibility index (Phi) is 4.62. The van der Waals surface area contributed by atoms with Gasteiger partial charge in [-0.25, -0.2) is 0 Å². The molecule has 1 saturated heterocycles. The van der Waals surface area contributed by atoms with E-state index in [9.17, 15) is 0 Å². The highest BCUT2D eigenvalue weighted by atomic mass is 15.3. The summed E-state index contributed by atoms with van der Waals surface area (Å²) >= 11 is 0. The second-order valence-electron chi connectivity index (χ2n) is 5.65. The van der Waals surface area contributed by atoms with Crippen molar-refractivity contribution in [3.63, 3.8) is 0 Å². The highest BCUT2D eigenvalue weighted by Gasteiger charge is 2.29. The van der Waals surface area contributed by atoms with Gasteiger partial charge >= 0.3 is 0 Å². The molecule has 2 rings (SSSR count). The van der Waals surface area contributed by atoms with E-state index in [0.717, 1.165) is 12.1 Å². The van der Waals surface area contributed by atoms with E-state index < -0.39 is 0 Å². The molecule has 3 nitrogen and oxygen atoms in total. The van der Waals surface area contributed by atoms with E-state index in [0.29, 0.717) is 0 Å². The van der Waals surface area contributed by atoms with Crippen LogP contribution >= 0.6 is 0 Å². The van der Waals surface area contributed by atoms with Crippen LogP contribution in [0.1, 0.15) is 32.1 Å². The molecule has 0 radical (unpaired) electrons. The summed E-state index contributed by atoms with van der Waals surface area (Å²) in [7, 11) is 4.38. The molecule has 2 fully saturated rings. The van der Waals surface area contributed by atoms with E-state index in [-0.39, 0.29) is 0 Å². The molecule has 1 N–H and O–H groups in total. The van der Waals surface area contributed by atoms with E-state index >= 15 is 0 Å². The lowest BCUT2D eigenvalue weighted by atomic mass is 9.92. The van der Waals surface area contributed by atoms with Crippen LogP contribution in [-0.4, -0.2) is 62.2 Å². The molecule has 0 aromatic heterocycles. The van der Waals surface area contributed by atoms with E-state index in [2.05, 4.69) is 29.2 Å². The summed E-state index contributed by atoms with van der Waals surface area (Å²) in [4.78, 5) is 5.11. The molecule has 3 heteroatoms. The van der Waals surface area contributed by atoms with E-state index in [4.69, 9.17) is 0 Å². The number of nitrogens with zero attached hydrogens (tertiary/aromatic N) is 2. The average molecular weight is 225 g/mol. The highest BCUT2D eigenvalue weighted by Crippen LogP contribution is 2.24. The third-order valence-corrected chi connectivity index (χ3v) is 4.02.